The highest BCUT2D eigenvalue weighted by atomic mass is 79.9. The summed E-state index contributed by atoms with van der Waals surface area (Å²) in [7, 11) is 3.50. The third-order valence-corrected chi connectivity index (χ3v) is 4.61. The minimum Gasteiger partial charge on any atom is -0.465 e. The molecular weight excluding hydrogens is 326 g/mol. The number of methoxy groups -OCH3 is 1. The van der Waals surface area contributed by atoms with E-state index in [1.54, 1.807) is 6.07 Å². The van der Waals surface area contributed by atoms with Crippen LogP contribution in [-0.4, -0.2) is 43.1 Å². The Bertz CT molecular complexity index is 439. The van der Waals surface area contributed by atoms with Crippen LogP contribution in [0.2, 0.25) is 0 Å². The highest BCUT2D eigenvalue weighted by Crippen LogP contribution is 2.21. The molecule has 0 saturated carbocycles. The Labute approximate surface area is 127 Å². The molecule has 1 aromatic rings. The SMILES string of the molecule is COC(=O)c1ccc(CN(C)C(C)CSC)c(Br)c1. The Kier molecular flexibility index (Phi) is 6.89. The van der Waals surface area contributed by atoms with Gasteiger partial charge in [0.15, 0.2) is 0 Å². The number of halogens is 1. The number of benzene rings is 1. The highest BCUT2D eigenvalue weighted by Gasteiger charge is 2.12. The van der Waals surface area contributed by atoms with Gasteiger partial charge < -0.3 is 4.74 Å². The van der Waals surface area contributed by atoms with Crippen molar-refractivity contribution in [3.8, 4) is 0 Å². The van der Waals surface area contributed by atoms with E-state index in [2.05, 4.69) is 41.1 Å². The minimum atomic E-state index is -0.309. The monoisotopic (exact) mass is 345 g/mol. The third-order valence-electron chi connectivity index (χ3n) is 3.05. The molecule has 5 heteroatoms. The summed E-state index contributed by atoms with van der Waals surface area (Å²) in [4.78, 5) is 13.7. The molecule has 3 nitrogen and oxygen atoms in total. The number of rotatable bonds is 6. The standard InChI is InChI=1S/C14H20BrNO2S/c1-10(9-19-4)16(2)8-12-6-5-11(7-13(12)15)14(17)18-3/h5-7,10H,8-9H2,1-4H3. The van der Waals surface area contributed by atoms with E-state index < -0.39 is 0 Å². The van der Waals surface area contributed by atoms with Crippen LogP contribution in [0.3, 0.4) is 0 Å². The molecule has 0 bridgehead atoms. The van der Waals surface area contributed by atoms with Gasteiger partial charge in [0.2, 0.25) is 0 Å². The number of carbonyl (C=O) groups excluding carboxylic acids is 1. The van der Waals surface area contributed by atoms with Crippen LogP contribution in [0.1, 0.15) is 22.8 Å². The molecular formula is C14H20BrNO2S. The van der Waals surface area contributed by atoms with Crippen molar-refractivity contribution < 1.29 is 9.53 Å². The molecule has 0 aliphatic rings. The van der Waals surface area contributed by atoms with Crippen LogP contribution >= 0.6 is 27.7 Å². The first kappa shape index (κ1) is 16.5. The quantitative estimate of drug-likeness (QED) is 0.739. The molecule has 0 aromatic heterocycles. The predicted molar refractivity (Wildman–Crippen MR) is 84.8 cm³/mol. The summed E-state index contributed by atoms with van der Waals surface area (Å²) in [6, 6.07) is 6.11. The van der Waals surface area contributed by atoms with Crippen molar-refractivity contribution in [3.63, 3.8) is 0 Å². The summed E-state index contributed by atoms with van der Waals surface area (Å²) in [6.07, 6.45) is 2.12. The van der Waals surface area contributed by atoms with Crippen LogP contribution in [0.4, 0.5) is 0 Å². The number of nitrogens with zero attached hydrogens (tertiary/aromatic N) is 1. The largest absolute Gasteiger partial charge is 0.465 e. The number of ether oxygens (including phenoxy) is 1. The van der Waals surface area contributed by atoms with Gasteiger partial charge >= 0.3 is 5.97 Å². The highest BCUT2D eigenvalue weighted by molar-refractivity contribution is 9.10. The lowest BCUT2D eigenvalue weighted by Crippen LogP contribution is -2.30. The van der Waals surface area contributed by atoms with E-state index in [0.717, 1.165) is 16.8 Å². The molecule has 0 amide bonds. The summed E-state index contributed by atoms with van der Waals surface area (Å²) in [6.45, 7) is 3.07. The fraction of sp³-hybridized carbons (Fsp3) is 0.500. The van der Waals surface area contributed by atoms with Crippen LogP contribution in [-0.2, 0) is 11.3 Å². The molecule has 0 aliphatic carbocycles. The smallest absolute Gasteiger partial charge is 0.337 e. The van der Waals surface area contributed by atoms with Crippen LogP contribution in [0.15, 0.2) is 22.7 Å². The van der Waals surface area contributed by atoms with E-state index in [4.69, 9.17) is 4.74 Å². The fourth-order valence-electron chi connectivity index (χ4n) is 1.71. The van der Waals surface area contributed by atoms with Gasteiger partial charge in [0.1, 0.15) is 0 Å². The van der Waals surface area contributed by atoms with Crippen molar-refractivity contribution in [1.82, 2.24) is 4.90 Å². The summed E-state index contributed by atoms with van der Waals surface area (Å²) in [5, 5.41) is 0. The van der Waals surface area contributed by atoms with Crippen molar-refractivity contribution >= 4 is 33.7 Å². The molecule has 1 rings (SSSR count). The lowest BCUT2D eigenvalue weighted by atomic mass is 10.1. The summed E-state index contributed by atoms with van der Waals surface area (Å²) < 4.78 is 5.65. The van der Waals surface area contributed by atoms with E-state index in [1.165, 1.54) is 12.7 Å². The van der Waals surface area contributed by atoms with Gasteiger partial charge in [-0.15, -0.1) is 0 Å². The molecule has 1 atom stereocenters. The first-order valence-electron chi connectivity index (χ1n) is 6.05. The normalized spacial score (nSPS) is 12.5. The van der Waals surface area contributed by atoms with Crippen LogP contribution in [0.25, 0.3) is 0 Å². The average molecular weight is 346 g/mol. The van der Waals surface area contributed by atoms with E-state index in [1.807, 2.05) is 23.9 Å². The Balaban J connectivity index is 2.77. The maximum atomic E-state index is 11.4. The zero-order valence-electron chi connectivity index (χ0n) is 11.8. The second kappa shape index (κ2) is 7.92. The minimum absolute atomic E-state index is 0.309. The molecule has 0 radical (unpaired) electrons. The third kappa shape index (κ3) is 4.82. The lowest BCUT2D eigenvalue weighted by Gasteiger charge is -2.24. The summed E-state index contributed by atoms with van der Waals surface area (Å²) in [5.41, 5.74) is 1.74. The maximum absolute atomic E-state index is 11.4. The van der Waals surface area contributed by atoms with E-state index in [9.17, 15) is 4.79 Å². The molecule has 0 N–H and O–H groups in total. The van der Waals surface area contributed by atoms with Crippen molar-refractivity contribution in [2.45, 2.75) is 19.5 Å². The van der Waals surface area contributed by atoms with E-state index in [-0.39, 0.29) is 5.97 Å². The zero-order valence-corrected chi connectivity index (χ0v) is 14.2. The molecule has 106 valence electrons. The van der Waals surface area contributed by atoms with Crippen molar-refractivity contribution in [1.29, 1.82) is 0 Å². The topological polar surface area (TPSA) is 29.5 Å². The zero-order chi connectivity index (χ0) is 14.4. The lowest BCUT2D eigenvalue weighted by molar-refractivity contribution is 0.0600. The molecule has 1 unspecified atom stereocenters. The van der Waals surface area contributed by atoms with Gasteiger partial charge in [0.05, 0.1) is 12.7 Å². The number of hydrogen-bond acceptors (Lipinski definition) is 4. The Morgan fingerprint density at radius 2 is 2.21 bits per heavy atom. The summed E-state index contributed by atoms with van der Waals surface area (Å²) >= 11 is 5.37. The van der Waals surface area contributed by atoms with Gasteiger partial charge in [-0.2, -0.15) is 11.8 Å². The van der Waals surface area contributed by atoms with Crippen LogP contribution in [0, 0.1) is 0 Å². The molecule has 19 heavy (non-hydrogen) atoms. The van der Waals surface area contributed by atoms with Gasteiger partial charge in [0.25, 0.3) is 0 Å². The van der Waals surface area contributed by atoms with Gasteiger partial charge in [-0.1, -0.05) is 22.0 Å². The number of esters is 1. The van der Waals surface area contributed by atoms with E-state index in [0.29, 0.717) is 11.6 Å². The second-order valence-electron chi connectivity index (χ2n) is 4.52. The molecule has 0 heterocycles. The molecule has 1 aromatic carbocycles. The van der Waals surface area contributed by atoms with Gasteiger partial charge in [-0.05, 0) is 37.9 Å². The van der Waals surface area contributed by atoms with Crippen molar-refractivity contribution in [2.24, 2.45) is 0 Å². The fourth-order valence-corrected chi connectivity index (χ4v) is 2.95. The first-order valence-corrected chi connectivity index (χ1v) is 8.24. The molecule has 0 aliphatic heterocycles. The molecule has 0 fully saturated rings. The molecule has 0 spiro atoms. The van der Waals surface area contributed by atoms with Crippen molar-refractivity contribution in [2.75, 3.05) is 26.2 Å². The Hall–Kier alpha value is -0.520. The Morgan fingerprint density at radius 1 is 1.53 bits per heavy atom. The van der Waals surface area contributed by atoms with E-state index >= 15 is 0 Å². The maximum Gasteiger partial charge on any atom is 0.337 e. The first-order chi connectivity index (χ1) is 8.99. The Morgan fingerprint density at radius 3 is 2.74 bits per heavy atom. The van der Waals surface area contributed by atoms with Crippen LogP contribution in [0.5, 0.6) is 0 Å². The van der Waals surface area contributed by atoms with Crippen molar-refractivity contribution in [3.05, 3.63) is 33.8 Å². The van der Waals surface area contributed by atoms with Gasteiger partial charge in [0, 0.05) is 22.8 Å². The molecule has 0 saturated heterocycles. The van der Waals surface area contributed by atoms with Gasteiger partial charge in [-0.3, -0.25) is 4.90 Å². The van der Waals surface area contributed by atoms with Gasteiger partial charge in [-0.25, -0.2) is 4.79 Å². The average Bonchev–Trinajstić information content (AvgIpc) is 2.40. The summed E-state index contributed by atoms with van der Waals surface area (Å²) in [5.74, 6) is 0.797. The predicted octanol–water partition coefficient (Wildman–Crippen LogP) is 3.42. The van der Waals surface area contributed by atoms with Crippen LogP contribution < -0.4 is 0 Å². The number of carbonyl (C=O) groups is 1. The number of hydrogen-bond donors (Lipinski definition) is 0. The number of thioether (sulfide) groups is 1. The second-order valence-corrected chi connectivity index (χ2v) is 6.28.